The van der Waals surface area contributed by atoms with E-state index in [2.05, 4.69) is 50.0 Å². The number of hydrogen-bond donors (Lipinski definition) is 1. The van der Waals surface area contributed by atoms with Crippen molar-refractivity contribution in [3.63, 3.8) is 0 Å². The van der Waals surface area contributed by atoms with Gasteiger partial charge in [-0.05, 0) is 31.2 Å². The summed E-state index contributed by atoms with van der Waals surface area (Å²) in [4.78, 5) is 1.32. The Morgan fingerprint density at radius 1 is 1.33 bits per heavy atom. The molecule has 0 amide bonds. The van der Waals surface area contributed by atoms with Crippen LogP contribution >= 0.6 is 11.8 Å². The van der Waals surface area contributed by atoms with Gasteiger partial charge in [0.2, 0.25) is 0 Å². The van der Waals surface area contributed by atoms with Gasteiger partial charge in [-0.3, -0.25) is 0 Å². The first-order valence-electron chi connectivity index (χ1n) is 5.29. The monoisotopic (exact) mass is 221 g/mol. The maximum Gasteiger partial charge on any atom is 0.0205 e. The van der Waals surface area contributed by atoms with E-state index in [0.29, 0.717) is 0 Å². The second kappa shape index (κ2) is 6.70. The van der Waals surface area contributed by atoms with Crippen LogP contribution in [0, 0.1) is 0 Å². The van der Waals surface area contributed by atoms with Crippen molar-refractivity contribution in [1.29, 1.82) is 0 Å². The molecule has 0 saturated carbocycles. The molecule has 0 spiro atoms. The average Bonchev–Trinajstić information content (AvgIpc) is 2.25. The van der Waals surface area contributed by atoms with Crippen LogP contribution in [0.4, 0.5) is 0 Å². The lowest BCUT2D eigenvalue weighted by molar-refractivity contribution is 0.726. The van der Waals surface area contributed by atoms with E-state index >= 15 is 0 Å². The fraction of sp³-hybridized carbons (Fsp3) is 0.385. The molecule has 0 fully saturated rings. The summed E-state index contributed by atoms with van der Waals surface area (Å²) >= 11 is 1.84. The fourth-order valence-electron chi connectivity index (χ4n) is 1.18. The minimum absolute atomic E-state index is 0.960. The van der Waals surface area contributed by atoms with Gasteiger partial charge in [-0.25, -0.2) is 0 Å². The van der Waals surface area contributed by atoms with Gasteiger partial charge in [-0.2, -0.15) is 0 Å². The molecule has 0 aliphatic carbocycles. The Hall–Kier alpha value is -0.730. The van der Waals surface area contributed by atoms with Gasteiger partial charge in [0.05, 0.1) is 0 Å². The van der Waals surface area contributed by atoms with E-state index in [0.717, 1.165) is 18.8 Å². The molecule has 0 bridgehead atoms. The van der Waals surface area contributed by atoms with Crippen LogP contribution in [0.5, 0.6) is 0 Å². The molecule has 1 N–H and O–H groups in total. The van der Waals surface area contributed by atoms with Crippen molar-refractivity contribution < 1.29 is 0 Å². The zero-order valence-corrected chi connectivity index (χ0v) is 10.4. The Morgan fingerprint density at radius 2 is 2.00 bits per heavy atom. The summed E-state index contributed by atoms with van der Waals surface area (Å²) in [5.41, 5.74) is 2.56. The largest absolute Gasteiger partial charge is 0.313 e. The lowest BCUT2D eigenvalue weighted by Gasteiger charge is -2.04. The lowest BCUT2D eigenvalue weighted by atomic mass is 10.2. The second-order valence-electron chi connectivity index (χ2n) is 3.67. The van der Waals surface area contributed by atoms with E-state index in [1.54, 1.807) is 0 Å². The molecule has 0 heterocycles. The Balaban J connectivity index is 2.45. The maximum atomic E-state index is 3.90. The van der Waals surface area contributed by atoms with E-state index in [1.165, 1.54) is 16.0 Å². The molecule has 0 radical (unpaired) electrons. The molecule has 15 heavy (non-hydrogen) atoms. The summed E-state index contributed by atoms with van der Waals surface area (Å²) in [7, 11) is 0. The van der Waals surface area contributed by atoms with Crippen molar-refractivity contribution in [2.24, 2.45) is 0 Å². The minimum Gasteiger partial charge on any atom is -0.313 e. The van der Waals surface area contributed by atoms with Crippen LogP contribution in [0.25, 0.3) is 0 Å². The van der Waals surface area contributed by atoms with Crippen molar-refractivity contribution in [1.82, 2.24) is 5.32 Å². The van der Waals surface area contributed by atoms with E-state index in [9.17, 15) is 0 Å². The molecule has 0 saturated heterocycles. The highest BCUT2D eigenvalue weighted by molar-refractivity contribution is 7.99. The zero-order chi connectivity index (χ0) is 11.1. The molecule has 0 aliphatic heterocycles. The summed E-state index contributed by atoms with van der Waals surface area (Å²) in [5, 5.41) is 3.31. The molecule has 1 rings (SSSR count). The van der Waals surface area contributed by atoms with Crippen LogP contribution in [-0.4, -0.2) is 12.3 Å². The topological polar surface area (TPSA) is 12.0 Å². The van der Waals surface area contributed by atoms with E-state index in [-0.39, 0.29) is 0 Å². The molecule has 0 unspecified atom stereocenters. The van der Waals surface area contributed by atoms with E-state index in [1.807, 2.05) is 11.8 Å². The predicted molar refractivity (Wildman–Crippen MR) is 69.4 cm³/mol. The molecular weight excluding hydrogens is 202 g/mol. The number of thioether (sulfide) groups is 1. The lowest BCUT2D eigenvalue weighted by Crippen LogP contribution is -2.11. The van der Waals surface area contributed by atoms with Gasteiger partial charge >= 0.3 is 0 Å². The summed E-state index contributed by atoms with van der Waals surface area (Å²) in [6.07, 6.45) is 0. The summed E-state index contributed by atoms with van der Waals surface area (Å²) in [6.45, 7) is 10.1. The third-order valence-electron chi connectivity index (χ3n) is 1.99. The summed E-state index contributed by atoms with van der Waals surface area (Å²) < 4.78 is 0. The predicted octanol–water partition coefficient (Wildman–Crippen LogP) is 3.46. The Kier molecular flexibility index (Phi) is 5.51. The standard InChI is InChI=1S/C13H19NS/c1-4-14-9-12-5-7-13(8-6-12)15-10-11(2)3/h5-8,14H,2,4,9-10H2,1,3H3. The van der Waals surface area contributed by atoms with Crippen LogP contribution in [0.1, 0.15) is 19.4 Å². The smallest absolute Gasteiger partial charge is 0.0205 e. The Bertz CT molecular complexity index is 303. The van der Waals surface area contributed by atoms with Gasteiger partial charge in [0.1, 0.15) is 0 Å². The highest BCUT2D eigenvalue weighted by Gasteiger charge is 1.95. The fourth-order valence-corrected chi connectivity index (χ4v) is 1.92. The van der Waals surface area contributed by atoms with Gasteiger partial charge in [0.15, 0.2) is 0 Å². The first kappa shape index (κ1) is 12.3. The van der Waals surface area contributed by atoms with Gasteiger partial charge in [0.25, 0.3) is 0 Å². The van der Waals surface area contributed by atoms with Crippen molar-refractivity contribution in [2.75, 3.05) is 12.3 Å². The molecule has 1 aromatic rings. The molecule has 0 aliphatic rings. The van der Waals surface area contributed by atoms with Gasteiger partial charge in [0, 0.05) is 17.2 Å². The number of benzene rings is 1. The van der Waals surface area contributed by atoms with Crippen LogP contribution in [0.15, 0.2) is 41.3 Å². The number of rotatable bonds is 6. The normalized spacial score (nSPS) is 10.3. The van der Waals surface area contributed by atoms with Crippen molar-refractivity contribution in [3.8, 4) is 0 Å². The highest BCUT2D eigenvalue weighted by atomic mass is 32.2. The molecule has 1 nitrogen and oxygen atoms in total. The summed E-state index contributed by atoms with van der Waals surface area (Å²) in [6, 6.07) is 8.73. The SMILES string of the molecule is C=C(C)CSc1ccc(CNCC)cc1. The minimum atomic E-state index is 0.960. The van der Waals surface area contributed by atoms with Gasteiger partial charge < -0.3 is 5.32 Å². The maximum absolute atomic E-state index is 3.90. The van der Waals surface area contributed by atoms with Crippen molar-refractivity contribution >= 4 is 11.8 Å². The second-order valence-corrected chi connectivity index (χ2v) is 4.72. The molecular formula is C13H19NS. The third-order valence-corrected chi connectivity index (χ3v) is 3.23. The first-order valence-corrected chi connectivity index (χ1v) is 6.27. The van der Waals surface area contributed by atoms with Crippen LogP contribution < -0.4 is 5.32 Å². The van der Waals surface area contributed by atoms with E-state index < -0.39 is 0 Å². The number of nitrogens with one attached hydrogen (secondary N) is 1. The first-order chi connectivity index (χ1) is 7.22. The number of hydrogen-bond acceptors (Lipinski definition) is 2. The third kappa shape index (κ3) is 5.05. The molecule has 2 heteroatoms. The van der Waals surface area contributed by atoms with Crippen LogP contribution in [-0.2, 0) is 6.54 Å². The molecule has 1 aromatic carbocycles. The Labute approximate surface area is 97.0 Å². The van der Waals surface area contributed by atoms with E-state index in [4.69, 9.17) is 0 Å². The zero-order valence-electron chi connectivity index (χ0n) is 9.55. The van der Waals surface area contributed by atoms with Crippen molar-refractivity contribution in [3.05, 3.63) is 42.0 Å². The van der Waals surface area contributed by atoms with Gasteiger partial charge in [-0.1, -0.05) is 31.2 Å². The van der Waals surface area contributed by atoms with Crippen LogP contribution in [0.3, 0.4) is 0 Å². The average molecular weight is 221 g/mol. The molecule has 0 aromatic heterocycles. The Morgan fingerprint density at radius 3 is 2.53 bits per heavy atom. The van der Waals surface area contributed by atoms with Gasteiger partial charge in [-0.15, -0.1) is 11.8 Å². The van der Waals surface area contributed by atoms with Crippen LogP contribution in [0.2, 0.25) is 0 Å². The molecule has 0 atom stereocenters. The highest BCUT2D eigenvalue weighted by Crippen LogP contribution is 2.20. The summed E-state index contributed by atoms with van der Waals surface area (Å²) in [5.74, 6) is 1.01. The molecule has 82 valence electrons. The quantitative estimate of drug-likeness (QED) is 0.583. The van der Waals surface area contributed by atoms with Crippen molar-refractivity contribution in [2.45, 2.75) is 25.3 Å².